The Morgan fingerprint density at radius 3 is 2.83 bits per heavy atom. The highest BCUT2D eigenvalue weighted by molar-refractivity contribution is 7.18. The molecule has 0 radical (unpaired) electrons. The number of aryl methyl sites for hydroxylation is 2. The fraction of sp³-hybridized carbons (Fsp3) is 0.222. The van der Waals surface area contributed by atoms with Crippen molar-refractivity contribution in [1.82, 2.24) is 4.98 Å². The van der Waals surface area contributed by atoms with Crippen LogP contribution in [-0.2, 0) is 0 Å². The van der Waals surface area contributed by atoms with E-state index in [1.165, 1.54) is 6.07 Å². The number of fused-ring (bicyclic) bond motifs is 1. The second kappa shape index (κ2) is 2.52. The van der Waals surface area contributed by atoms with Gasteiger partial charge >= 0.3 is 0 Å². The minimum Gasteiger partial charge on any atom is -0.241 e. The summed E-state index contributed by atoms with van der Waals surface area (Å²) in [7, 11) is 0. The van der Waals surface area contributed by atoms with E-state index in [-0.39, 0.29) is 5.82 Å². The zero-order valence-corrected chi connectivity index (χ0v) is 7.70. The van der Waals surface area contributed by atoms with Gasteiger partial charge in [-0.3, -0.25) is 0 Å². The first-order chi connectivity index (χ1) is 5.66. The van der Waals surface area contributed by atoms with Crippen LogP contribution in [0.2, 0.25) is 0 Å². The summed E-state index contributed by atoms with van der Waals surface area (Å²) in [6.07, 6.45) is 0. The molecule has 0 unspecified atom stereocenters. The van der Waals surface area contributed by atoms with Gasteiger partial charge in [0, 0.05) is 6.07 Å². The third kappa shape index (κ3) is 1.10. The Hall–Kier alpha value is -0.960. The zero-order chi connectivity index (χ0) is 8.72. The first kappa shape index (κ1) is 7.68. The molecule has 0 fully saturated rings. The SMILES string of the molecule is Cc1nc2cc(F)cc(C)c2s1. The molecular weight excluding hydrogens is 173 g/mol. The molecule has 0 aliphatic carbocycles. The fourth-order valence-corrected chi connectivity index (χ4v) is 2.14. The van der Waals surface area contributed by atoms with Gasteiger partial charge in [0.25, 0.3) is 0 Å². The minimum absolute atomic E-state index is 0.203. The topological polar surface area (TPSA) is 12.9 Å². The molecule has 3 heteroatoms. The minimum atomic E-state index is -0.203. The van der Waals surface area contributed by atoms with Crippen molar-refractivity contribution >= 4 is 21.6 Å². The molecule has 1 aromatic carbocycles. The Morgan fingerprint density at radius 2 is 2.08 bits per heavy atom. The molecule has 0 spiro atoms. The number of hydrogen-bond acceptors (Lipinski definition) is 2. The van der Waals surface area contributed by atoms with Gasteiger partial charge in [-0.05, 0) is 25.5 Å². The molecule has 2 aromatic rings. The summed E-state index contributed by atoms with van der Waals surface area (Å²) in [5, 5.41) is 0.985. The van der Waals surface area contributed by atoms with Crippen LogP contribution in [0.5, 0.6) is 0 Å². The predicted octanol–water partition coefficient (Wildman–Crippen LogP) is 3.05. The van der Waals surface area contributed by atoms with Gasteiger partial charge in [-0.2, -0.15) is 0 Å². The van der Waals surface area contributed by atoms with Gasteiger partial charge in [0.05, 0.1) is 15.2 Å². The number of nitrogens with zero attached hydrogens (tertiary/aromatic N) is 1. The summed E-state index contributed by atoms with van der Waals surface area (Å²) in [5.74, 6) is -0.203. The molecule has 1 heterocycles. The molecule has 2 rings (SSSR count). The molecule has 0 N–H and O–H groups in total. The van der Waals surface area contributed by atoms with Gasteiger partial charge in [0.2, 0.25) is 0 Å². The first-order valence-corrected chi connectivity index (χ1v) is 4.52. The van der Waals surface area contributed by atoms with Crippen LogP contribution in [-0.4, -0.2) is 4.98 Å². The predicted molar refractivity (Wildman–Crippen MR) is 49.1 cm³/mol. The maximum absolute atomic E-state index is 12.9. The van der Waals surface area contributed by atoms with Crippen molar-refractivity contribution in [2.45, 2.75) is 13.8 Å². The second-order valence-corrected chi connectivity index (χ2v) is 4.01. The van der Waals surface area contributed by atoms with Crippen molar-refractivity contribution in [2.24, 2.45) is 0 Å². The van der Waals surface area contributed by atoms with E-state index in [0.29, 0.717) is 0 Å². The van der Waals surface area contributed by atoms with E-state index >= 15 is 0 Å². The van der Waals surface area contributed by atoms with Crippen molar-refractivity contribution in [3.8, 4) is 0 Å². The van der Waals surface area contributed by atoms with Crippen molar-refractivity contribution < 1.29 is 4.39 Å². The molecule has 0 saturated heterocycles. The fourth-order valence-electron chi connectivity index (χ4n) is 1.27. The molecule has 0 bridgehead atoms. The Kier molecular flexibility index (Phi) is 1.61. The first-order valence-electron chi connectivity index (χ1n) is 3.70. The smallest absolute Gasteiger partial charge is 0.125 e. The number of rotatable bonds is 0. The van der Waals surface area contributed by atoms with Gasteiger partial charge < -0.3 is 0 Å². The monoisotopic (exact) mass is 181 g/mol. The lowest BCUT2D eigenvalue weighted by molar-refractivity contribution is 0.628. The largest absolute Gasteiger partial charge is 0.241 e. The summed E-state index contributed by atoms with van der Waals surface area (Å²) < 4.78 is 14.0. The molecule has 0 aliphatic heterocycles. The second-order valence-electron chi connectivity index (χ2n) is 2.80. The van der Waals surface area contributed by atoms with Gasteiger partial charge in [-0.15, -0.1) is 11.3 Å². The third-order valence-corrected chi connectivity index (χ3v) is 2.87. The molecular formula is C9H8FNS. The number of benzene rings is 1. The van der Waals surface area contributed by atoms with E-state index in [4.69, 9.17) is 0 Å². The van der Waals surface area contributed by atoms with Crippen LogP contribution in [0.3, 0.4) is 0 Å². The highest BCUT2D eigenvalue weighted by Crippen LogP contribution is 2.25. The Balaban J connectivity index is 2.88. The van der Waals surface area contributed by atoms with E-state index in [2.05, 4.69) is 4.98 Å². The maximum atomic E-state index is 12.9. The van der Waals surface area contributed by atoms with Gasteiger partial charge in [0.1, 0.15) is 5.82 Å². The number of aromatic nitrogens is 1. The summed E-state index contributed by atoms with van der Waals surface area (Å²) in [6.45, 7) is 3.84. The third-order valence-electron chi connectivity index (χ3n) is 1.75. The lowest BCUT2D eigenvalue weighted by Crippen LogP contribution is -1.78. The summed E-state index contributed by atoms with van der Waals surface area (Å²) in [6, 6.07) is 3.02. The van der Waals surface area contributed by atoms with Crippen molar-refractivity contribution in [3.63, 3.8) is 0 Å². The molecule has 0 aliphatic rings. The van der Waals surface area contributed by atoms with E-state index in [0.717, 1.165) is 20.8 Å². The molecule has 0 saturated carbocycles. The number of hydrogen-bond donors (Lipinski definition) is 0. The van der Waals surface area contributed by atoms with Crippen LogP contribution in [0.25, 0.3) is 10.2 Å². The highest BCUT2D eigenvalue weighted by atomic mass is 32.1. The lowest BCUT2D eigenvalue weighted by atomic mass is 10.2. The van der Waals surface area contributed by atoms with Gasteiger partial charge in [-0.1, -0.05) is 0 Å². The zero-order valence-electron chi connectivity index (χ0n) is 6.89. The van der Waals surface area contributed by atoms with Crippen molar-refractivity contribution in [3.05, 3.63) is 28.5 Å². The van der Waals surface area contributed by atoms with Crippen LogP contribution in [0.1, 0.15) is 10.6 Å². The lowest BCUT2D eigenvalue weighted by Gasteiger charge is -1.93. The summed E-state index contributed by atoms with van der Waals surface area (Å²) in [4.78, 5) is 4.21. The normalized spacial score (nSPS) is 10.9. The van der Waals surface area contributed by atoms with Crippen molar-refractivity contribution in [2.75, 3.05) is 0 Å². The highest BCUT2D eigenvalue weighted by Gasteiger charge is 2.04. The Bertz CT molecular complexity index is 433. The molecule has 0 atom stereocenters. The van der Waals surface area contributed by atoms with Crippen LogP contribution >= 0.6 is 11.3 Å². The van der Waals surface area contributed by atoms with E-state index in [1.54, 1.807) is 17.4 Å². The number of halogens is 1. The Morgan fingerprint density at radius 1 is 1.33 bits per heavy atom. The van der Waals surface area contributed by atoms with Crippen LogP contribution in [0.15, 0.2) is 12.1 Å². The standard InChI is InChI=1S/C9H8FNS/c1-5-3-7(10)4-8-9(5)12-6(2)11-8/h3-4H,1-2H3. The van der Waals surface area contributed by atoms with Gasteiger partial charge in [0.15, 0.2) is 0 Å². The Labute approximate surface area is 73.9 Å². The van der Waals surface area contributed by atoms with Gasteiger partial charge in [-0.25, -0.2) is 9.37 Å². The summed E-state index contributed by atoms with van der Waals surface area (Å²) in [5.41, 5.74) is 1.74. The van der Waals surface area contributed by atoms with E-state index in [9.17, 15) is 4.39 Å². The number of thiazole rings is 1. The molecule has 62 valence electrons. The molecule has 12 heavy (non-hydrogen) atoms. The molecule has 0 amide bonds. The van der Waals surface area contributed by atoms with Crippen molar-refractivity contribution in [1.29, 1.82) is 0 Å². The average Bonchev–Trinajstić information content (AvgIpc) is 2.29. The molecule has 1 nitrogen and oxygen atoms in total. The van der Waals surface area contributed by atoms with E-state index < -0.39 is 0 Å². The van der Waals surface area contributed by atoms with Crippen LogP contribution in [0.4, 0.5) is 4.39 Å². The maximum Gasteiger partial charge on any atom is 0.125 e. The van der Waals surface area contributed by atoms with Crippen LogP contribution in [0, 0.1) is 19.7 Å². The quantitative estimate of drug-likeness (QED) is 0.608. The average molecular weight is 181 g/mol. The van der Waals surface area contributed by atoms with Crippen LogP contribution < -0.4 is 0 Å². The van der Waals surface area contributed by atoms with E-state index in [1.807, 2.05) is 13.8 Å². The summed E-state index contributed by atoms with van der Waals surface area (Å²) >= 11 is 1.61. The molecule has 1 aromatic heterocycles.